The Morgan fingerprint density at radius 3 is 3.00 bits per heavy atom. The third-order valence-electron chi connectivity index (χ3n) is 3.90. The molecule has 0 aromatic heterocycles. The minimum atomic E-state index is 0.110. The van der Waals surface area contributed by atoms with Gasteiger partial charge in [-0.1, -0.05) is 22.9 Å². The fourth-order valence-electron chi connectivity index (χ4n) is 2.78. The van der Waals surface area contributed by atoms with Crippen molar-refractivity contribution in [2.24, 2.45) is 0 Å². The molecule has 1 fully saturated rings. The lowest BCUT2D eigenvalue weighted by Crippen LogP contribution is -2.41. The number of carbonyl (C=O) groups excluding carboxylic acids is 1. The predicted octanol–water partition coefficient (Wildman–Crippen LogP) is 3.61. The molecule has 1 aliphatic heterocycles. The Labute approximate surface area is 143 Å². The number of benzene rings is 1. The van der Waals surface area contributed by atoms with Gasteiger partial charge in [-0.3, -0.25) is 9.69 Å². The Hall–Kier alpha value is -0.140. The largest absolute Gasteiger partial charge is 0.340 e. The summed E-state index contributed by atoms with van der Waals surface area (Å²) in [6.45, 7) is 5.24. The van der Waals surface area contributed by atoms with Gasteiger partial charge in [0.25, 0.3) is 5.91 Å². The van der Waals surface area contributed by atoms with E-state index in [0.717, 1.165) is 33.2 Å². The molecule has 0 saturated carbocycles. The standard InChI is InChI=1S/C15H20BrIN2O/c1-3-19-8-4-5-12(19)10-18(2)15(20)13-9-11(16)6-7-14(13)17/h6-7,9,12H,3-5,8,10H2,1-2H3. The molecule has 0 spiro atoms. The van der Waals surface area contributed by atoms with Gasteiger partial charge in [-0.15, -0.1) is 0 Å². The second-order valence-electron chi connectivity index (χ2n) is 5.23. The third-order valence-corrected chi connectivity index (χ3v) is 5.33. The summed E-state index contributed by atoms with van der Waals surface area (Å²) in [7, 11) is 1.91. The molecule has 1 aromatic carbocycles. The van der Waals surface area contributed by atoms with Gasteiger partial charge in [0.15, 0.2) is 0 Å². The molecule has 5 heteroatoms. The summed E-state index contributed by atoms with van der Waals surface area (Å²) >= 11 is 5.66. The number of likely N-dealkylation sites (tertiary alicyclic amines) is 1. The highest BCUT2D eigenvalue weighted by Crippen LogP contribution is 2.21. The van der Waals surface area contributed by atoms with Crippen LogP contribution in [-0.4, -0.2) is 48.4 Å². The molecular weight excluding hydrogens is 431 g/mol. The summed E-state index contributed by atoms with van der Waals surface area (Å²) in [6.07, 6.45) is 2.44. The van der Waals surface area contributed by atoms with Crippen LogP contribution in [0.2, 0.25) is 0 Å². The highest BCUT2D eigenvalue weighted by atomic mass is 127. The van der Waals surface area contributed by atoms with Crippen molar-refractivity contribution in [1.29, 1.82) is 0 Å². The third kappa shape index (κ3) is 3.74. The highest BCUT2D eigenvalue weighted by Gasteiger charge is 2.26. The van der Waals surface area contributed by atoms with Crippen LogP contribution in [0, 0.1) is 3.57 Å². The maximum absolute atomic E-state index is 12.6. The van der Waals surface area contributed by atoms with E-state index in [-0.39, 0.29) is 5.91 Å². The summed E-state index contributed by atoms with van der Waals surface area (Å²) in [4.78, 5) is 16.9. The van der Waals surface area contributed by atoms with Crippen LogP contribution in [0.5, 0.6) is 0 Å². The van der Waals surface area contributed by atoms with E-state index < -0.39 is 0 Å². The van der Waals surface area contributed by atoms with E-state index >= 15 is 0 Å². The number of rotatable bonds is 4. The van der Waals surface area contributed by atoms with Gasteiger partial charge in [0.05, 0.1) is 5.56 Å². The Balaban J connectivity index is 2.07. The Morgan fingerprint density at radius 1 is 1.55 bits per heavy atom. The number of likely N-dealkylation sites (N-methyl/N-ethyl adjacent to an activating group) is 2. The van der Waals surface area contributed by atoms with Crippen molar-refractivity contribution in [1.82, 2.24) is 9.80 Å². The molecule has 0 radical (unpaired) electrons. The molecule has 1 heterocycles. The molecule has 0 aliphatic carbocycles. The number of hydrogen-bond donors (Lipinski definition) is 0. The van der Waals surface area contributed by atoms with Crippen LogP contribution >= 0.6 is 38.5 Å². The van der Waals surface area contributed by atoms with Gasteiger partial charge >= 0.3 is 0 Å². The van der Waals surface area contributed by atoms with Crippen LogP contribution < -0.4 is 0 Å². The van der Waals surface area contributed by atoms with E-state index in [1.807, 2.05) is 30.1 Å². The van der Waals surface area contributed by atoms with Crippen molar-refractivity contribution < 1.29 is 4.79 Å². The monoisotopic (exact) mass is 450 g/mol. The highest BCUT2D eigenvalue weighted by molar-refractivity contribution is 14.1. The van der Waals surface area contributed by atoms with Crippen LogP contribution in [0.25, 0.3) is 0 Å². The van der Waals surface area contributed by atoms with Gasteiger partial charge in [0.1, 0.15) is 0 Å². The normalized spacial score (nSPS) is 19.3. The Kier molecular flexibility index (Phi) is 5.86. The van der Waals surface area contributed by atoms with E-state index in [1.165, 1.54) is 12.8 Å². The molecule has 1 unspecified atom stereocenters. The van der Waals surface area contributed by atoms with E-state index in [4.69, 9.17) is 0 Å². The fraction of sp³-hybridized carbons (Fsp3) is 0.533. The van der Waals surface area contributed by atoms with Crippen molar-refractivity contribution >= 4 is 44.4 Å². The molecule has 2 rings (SSSR count). The summed E-state index contributed by atoms with van der Waals surface area (Å²) in [5.41, 5.74) is 0.781. The van der Waals surface area contributed by atoms with Crippen LogP contribution in [-0.2, 0) is 0 Å². The Morgan fingerprint density at radius 2 is 2.30 bits per heavy atom. The zero-order valence-electron chi connectivity index (χ0n) is 11.9. The predicted molar refractivity (Wildman–Crippen MR) is 94.1 cm³/mol. The van der Waals surface area contributed by atoms with Crippen molar-refractivity contribution in [2.45, 2.75) is 25.8 Å². The molecule has 3 nitrogen and oxygen atoms in total. The Bertz CT molecular complexity index is 495. The van der Waals surface area contributed by atoms with Crippen LogP contribution in [0.15, 0.2) is 22.7 Å². The first-order valence-corrected chi connectivity index (χ1v) is 8.84. The second kappa shape index (κ2) is 7.22. The van der Waals surface area contributed by atoms with Gasteiger partial charge in [0, 0.05) is 27.7 Å². The van der Waals surface area contributed by atoms with Crippen molar-refractivity contribution in [2.75, 3.05) is 26.7 Å². The average molecular weight is 451 g/mol. The smallest absolute Gasteiger partial charge is 0.254 e. The lowest BCUT2D eigenvalue weighted by atomic mass is 10.1. The lowest BCUT2D eigenvalue weighted by Gasteiger charge is -2.28. The van der Waals surface area contributed by atoms with Gasteiger partial charge in [-0.25, -0.2) is 0 Å². The first-order chi connectivity index (χ1) is 9.52. The lowest BCUT2D eigenvalue weighted by molar-refractivity contribution is 0.0753. The first-order valence-electron chi connectivity index (χ1n) is 6.97. The maximum atomic E-state index is 12.6. The molecule has 1 amide bonds. The molecule has 0 bridgehead atoms. The summed E-state index contributed by atoms with van der Waals surface area (Å²) < 4.78 is 1.95. The number of hydrogen-bond acceptors (Lipinski definition) is 2. The van der Waals surface area contributed by atoms with E-state index in [1.54, 1.807) is 0 Å². The van der Waals surface area contributed by atoms with Crippen LogP contribution in [0.1, 0.15) is 30.1 Å². The zero-order chi connectivity index (χ0) is 14.7. The SMILES string of the molecule is CCN1CCCC1CN(C)C(=O)c1cc(Br)ccc1I. The number of carbonyl (C=O) groups is 1. The topological polar surface area (TPSA) is 23.6 Å². The minimum absolute atomic E-state index is 0.110. The van der Waals surface area contributed by atoms with Gasteiger partial charge in [-0.2, -0.15) is 0 Å². The van der Waals surface area contributed by atoms with Gasteiger partial charge in [-0.05, 0) is 66.7 Å². The van der Waals surface area contributed by atoms with E-state index in [2.05, 4.69) is 50.3 Å². The summed E-state index contributed by atoms with van der Waals surface area (Å²) in [6, 6.07) is 6.36. The summed E-state index contributed by atoms with van der Waals surface area (Å²) in [5.74, 6) is 0.110. The number of amides is 1. The van der Waals surface area contributed by atoms with Gasteiger partial charge < -0.3 is 4.90 Å². The second-order valence-corrected chi connectivity index (χ2v) is 7.31. The average Bonchev–Trinajstić information content (AvgIpc) is 2.87. The molecule has 1 aliphatic rings. The molecular formula is C15H20BrIN2O. The molecule has 20 heavy (non-hydrogen) atoms. The number of nitrogens with zero attached hydrogens (tertiary/aromatic N) is 2. The quantitative estimate of drug-likeness (QED) is 0.654. The van der Waals surface area contributed by atoms with Crippen LogP contribution in [0.4, 0.5) is 0 Å². The molecule has 1 atom stereocenters. The van der Waals surface area contributed by atoms with Crippen molar-refractivity contribution in [3.8, 4) is 0 Å². The molecule has 110 valence electrons. The fourth-order valence-corrected chi connectivity index (χ4v) is 3.71. The first kappa shape index (κ1) is 16.2. The molecule has 1 aromatic rings. The zero-order valence-corrected chi connectivity index (χ0v) is 15.6. The summed E-state index contributed by atoms with van der Waals surface area (Å²) in [5, 5.41) is 0. The van der Waals surface area contributed by atoms with Crippen LogP contribution in [0.3, 0.4) is 0 Å². The molecule has 1 saturated heterocycles. The van der Waals surface area contributed by atoms with Crippen molar-refractivity contribution in [3.63, 3.8) is 0 Å². The van der Waals surface area contributed by atoms with E-state index in [0.29, 0.717) is 6.04 Å². The van der Waals surface area contributed by atoms with Gasteiger partial charge in [0.2, 0.25) is 0 Å². The maximum Gasteiger partial charge on any atom is 0.254 e. The van der Waals surface area contributed by atoms with E-state index in [9.17, 15) is 4.79 Å². The number of halogens is 2. The minimum Gasteiger partial charge on any atom is -0.340 e. The molecule has 0 N–H and O–H groups in total. The van der Waals surface area contributed by atoms with Crippen molar-refractivity contribution in [3.05, 3.63) is 31.8 Å².